The largest absolute Gasteiger partial charge is 0.496 e. The van der Waals surface area contributed by atoms with Crippen molar-refractivity contribution in [3.8, 4) is 5.75 Å². The lowest BCUT2D eigenvalue weighted by Gasteiger charge is -2.34. The van der Waals surface area contributed by atoms with Gasteiger partial charge in [-0.1, -0.05) is 18.2 Å². The van der Waals surface area contributed by atoms with Gasteiger partial charge in [-0.05, 0) is 12.1 Å². The highest BCUT2D eigenvalue weighted by atomic mass is 32.2. The molecule has 2 aromatic rings. The number of benzene rings is 1. The first kappa shape index (κ1) is 20.9. The molecule has 9 nitrogen and oxygen atoms in total. The maximum absolute atomic E-state index is 12.9. The summed E-state index contributed by atoms with van der Waals surface area (Å²) in [6, 6.07) is 8.59. The summed E-state index contributed by atoms with van der Waals surface area (Å²) in [4.78, 5) is 25.7. The van der Waals surface area contributed by atoms with E-state index in [1.54, 1.807) is 25.1 Å². The number of methoxy groups -OCH3 is 1. The first-order chi connectivity index (χ1) is 13.7. The van der Waals surface area contributed by atoms with Crippen molar-refractivity contribution in [2.45, 2.75) is 11.3 Å². The minimum absolute atomic E-state index is 0.0163. The van der Waals surface area contributed by atoms with Gasteiger partial charge in [-0.3, -0.25) is 9.59 Å². The molecule has 10 heteroatoms. The van der Waals surface area contributed by atoms with Crippen LogP contribution in [0.3, 0.4) is 0 Å². The standard InChI is InChI=1S/C19H24N4O5S/c1-21-13-15(12-16(21)19(20)25)29(26,27)23-9-7-22(8-10-23)18(24)11-14-5-3-4-6-17(14)28-2/h3-6,12-13H,7-11H2,1-2H3,(H2,20,25). The van der Waals surface area contributed by atoms with Crippen LogP contribution in [-0.4, -0.2) is 67.3 Å². The van der Waals surface area contributed by atoms with Crippen molar-refractivity contribution in [3.63, 3.8) is 0 Å². The number of rotatable bonds is 6. The number of piperazine rings is 1. The predicted octanol–water partition coefficient (Wildman–Crippen LogP) is 0.208. The van der Waals surface area contributed by atoms with Crippen molar-refractivity contribution < 1.29 is 22.7 Å². The highest BCUT2D eigenvalue weighted by molar-refractivity contribution is 7.89. The van der Waals surface area contributed by atoms with E-state index in [9.17, 15) is 18.0 Å². The molecule has 3 rings (SSSR count). The fourth-order valence-corrected chi connectivity index (χ4v) is 4.86. The molecule has 0 saturated carbocycles. The molecule has 156 valence electrons. The number of aromatic nitrogens is 1. The van der Waals surface area contributed by atoms with E-state index in [2.05, 4.69) is 0 Å². The lowest BCUT2D eigenvalue weighted by Crippen LogP contribution is -2.50. The third-order valence-corrected chi connectivity index (χ3v) is 6.86. The zero-order valence-electron chi connectivity index (χ0n) is 16.4. The van der Waals surface area contributed by atoms with Crippen molar-refractivity contribution in [2.75, 3.05) is 33.3 Å². The molecule has 1 saturated heterocycles. The van der Waals surface area contributed by atoms with Crippen molar-refractivity contribution in [3.05, 3.63) is 47.8 Å². The highest BCUT2D eigenvalue weighted by Crippen LogP contribution is 2.22. The van der Waals surface area contributed by atoms with E-state index in [-0.39, 0.29) is 36.0 Å². The van der Waals surface area contributed by atoms with Gasteiger partial charge in [0.15, 0.2) is 0 Å². The maximum Gasteiger partial charge on any atom is 0.265 e. The number of nitrogens with zero attached hydrogens (tertiary/aromatic N) is 3. The van der Waals surface area contributed by atoms with Crippen molar-refractivity contribution in [1.82, 2.24) is 13.8 Å². The third kappa shape index (κ3) is 4.28. The van der Waals surface area contributed by atoms with Gasteiger partial charge in [-0.25, -0.2) is 8.42 Å². The Labute approximate surface area is 169 Å². The number of aryl methyl sites for hydroxylation is 1. The molecule has 1 aromatic carbocycles. The lowest BCUT2D eigenvalue weighted by molar-refractivity contribution is -0.131. The van der Waals surface area contributed by atoms with Crippen LogP contribution in [0.15, 0.2) is 41.4 Å². The molecular formula is C19H24N4O5S. The molecule has 2 amide bonds. The lowest BCUT2D eigenvalue weighted by atomic mass is 10.1. The van der Waals surface area contributed by atoms with Crippen molar-refractivity contribution in [1.29, 1.82) is 0 Å². The first-order valence-corrected chi connectivity index (χ1v) is 10.5. The van der Waals surface area contributed by atoms with Crippen molar-refractivity contribution in [2.24, 2.45) is 12.8 Å². The smallest absolute Gasteiger partial charge is 0.265 e. The van der Waals surface area contributed by atoms with Crippen LogP contribution in [-0.2, 0) is 28.3 Å². The van der Waals surface area contributed by atoms with E-state index in [0.29, 0.717) is 18.8 Å². The molecule has 0 aliphatic carbocycles. The summed E-state index contributed by atoms with van der Waals surface area (Å²) in [5, 5.41) is 0. The summed E-state index contributed by atoms with van der Waals surface area (Å²) in [5.74, 6) is -0.126. The molecule has 0 unspecified atom stereocenters. The van der Waals surface area contributed by atoms with Crippen LogP contribution in [0.2, 0.25) is 0 Å². The summed E-state index contributed by atoms with van der Waals surface area (Å²) in [7, 11) is -0.650. The molecular weight excluding hydrogens is 396 g/mol. The van der Waals surface area contributed by atoms with Crippen LogP contribution in [0.4, 0.5) is 0 Å². The van der Waals surface area contributed by atoms with E-state index < -0.39 is 15.9 Å². The fraction of sp³-hybridized carbons (Fsp3) is 0.368. The summed E-state index contributed by atoms with van der Waals surface area (Å²) in [6.45, 7) is 0.951. The molecule has 0 spiro atoms. The number of para-hydroxylation sites is 1. The van der Waals surface area contributed by atoms with Gasteiger partial charge in [0.25, 0.3) is 5.91 Å². The number of hydrogen-bond donors (Lipinski definition) is 1. The van der Waals surface area contributed by atoms with Gasteiger partial charge in [0, 0.05) is 45.0 Å². The fourth-order valence-electron chi connectivity index (χ4n) is 3.37. The molecule has 29 heavy (non-hydrogen) atoms. The normalized spacial score (nSPS) is 15.3. The average Bonchev–Trinajstić information content (AvgIpc) is 3.11. The summed E-state index contributed by atoms with van der Waals surface area (Å²) in [5.41, 5.74) is 6.17. The minimum atomic E-state index is -3.77. The molecule has 2 heterocycles. The number of carbonyl (C=O) groups excluding carboxylic acids is 2. The van der Waals surface area contributed by atoms with Gasteiger partial charge in [0.05, 0.1) is 13.5 Å². The monoisotopic (exact) mass is 420 g/mol. The van der Waals surface area contributed by atoms with Crippen LogP contribution < -0.4 is 10.5 Å². The second-order valence-corrected chi connectivity index (χ2v) is 8.75. The van der Waals surface area contributed by atoms with Crippen LogP contribution in [0.1, 0.15) is 16.1 Å². The van der Waals surface area contributed by atoms with E-state index in [1.165, 1.54) is 21.1 Å². The molecule has 0 bridgehead atoms. The number of nitrogens with two attached hydrogens (primary N) is 1. The Morgan fingerprint density at radius 2 is 1.79 bits per heavy atom. The molecule has 1 fully saturated rings. The number of hydrogen-bond acceptors (Lipinski definition) is 5. The van der Waals surface area contributed by atoms with E-state index in [1.807, 2.05) is 18.2 Å². The summed E-state index contributed by atoms with van der Waals surface area (Å²) >= 11 is 0. The second kappa shape index (κ2) is 8.26. The molecule has 0 atom stereocenters. The molecule has 0 radical (unpaired) electrons. The van der Waals surface area contributed by atoms with Gasteiger partial charge >= 0.3 is 0 Å². The zero-order chi connectivity index (χ0) is 21.2. The number of amides is 2. The molecule has 1 aliphatic heterocycles. The highest BCUT2D eigenvalue weighted by Gasteiger charge is 2.31. The Bertz CT molecular complexity index is 1020. The van der Waals surface area contributed by atoms with Gasteiger partial charge < -0.3 is 19.9 Å². The van der Waals surface area contributed by atoms with Crippen LogP contribution in [0, 0.1) is 0 Å². The van der Waals surface area contributed by atoms with Crippen LogP contribution in [0.5, 0.6) is 5.75 Å². The van der Waals surface area contributed by atoms with E-state index in [4.69, 9.17) is 10.5 Å². The maximum atomic E-state index is 12.9. The van der Waals surface area contributed by atoms with E-state index in [0.717, 1.165) is 5.56 Å². The number of sulfonamides is 1. The van der Waals surface area contributed by atoms with Crippen molar-refractivity contribution >= 4 is 21.8 Å². The summed E-state index contributed by atoms with van der Waals surface area (Å²) < 4.78 is 33.7. The Balaban J connectivity index is 1.66. The van der Waals surface area contributed by atoms with Gasteiger partial charge in [0.1, 0.15) is 16.3 Å². The topological polar surface area (TPSA) is 115 Å². The molecule has 2 N–H and O–H groups in total. The first-order valence-electron chi connectivity index (χ1n) is 9.10. The van der Waals surface area contributed by atoms with Crippen LogP contribution >= 0.6 is 0 Å². The van der Waals surface area contributed by atoms with Gasteiger partial charge in [-0.15, -0.1) is 0 Å². The average molecular weight is 420 g/mol. The number of ether oxygens (including phenoxy) is 1. The Morgan fingerprint density at radius 1 is 1.14 bits per heavy atom. The molecule has 1 aliphatic rings. The SMILES string of the molecule is COc1ccccc1CC(=O)N1CCN(S(=O)(=O)c2cc(C(N)=O)n(C)c2)CC1. The van der Waals surface area contributed by atoms with Gasteiger partial charge in [-0.2, -0.15) is 4.31 Å². The zero-order valence-corrected chi connectivity index (χ0v) is 17.2. The molecule has 1 aromatic heterocycles. The quantitative estimate of drug-likeness (QED) is 0.717. The second-order valence-electron chi connectivity index (χ2n) is 6.81. The van der Waals surface area contributed by atoms with Crippen LogP contribution in [0.25, 0.3) is 0 Å². The third-order valence-electron chi connectivity index (χ3n) is 5.00. The minimum Gasteiger partial charge on any atom is -0.496 e. The number of primary amides is 1. The Kier molecular flexibility index (Phi) is 5.94. The Hall–Kier alpha value is -2.85. The predicted molar refractivity (Wildman–Crippen MR) is 106 cm³/mol. The van der Waals surface area contributed by atoms with E-state index >= 15 is 0 Å². The number of carbonyl (C=O) groups is 2. The summed E-state index contributed by atoms with van der Waals surface area (Å²) in [6.07, 6.45) is 1.56. The van der Waals surface area contributed by atoms with Gasteiger partial charge in [0.2, 0.25) is 15.9 Å². The Morgan fingerprint density at radius 3 is 2.38 bits per heavy atom.